The SMILES string of the molecule is CC(C)(C)C(=O)c1c[nH]c2ncc(Nc3cccc(F)c3)nc12. The van der Waals surface area contributed by atoms with Crippen molar-refractivity contribution in [2.45, 2.75) is 20.8 Å². The standard InChI is InChI=1S/C17H17FN4O/c1-17(2,3)15(23)12-8-19-16-14(12)22-13(9-20-16)21-11-6-4-5-10(18)7-11/h4-9H,1-3H3,(H,19,20)(H,21,22). The molecule has 2 aromatic heterocycles. The summed E-state index contributed by atoms with van der Waals surface area (Å²) < 4.78 is 13.2. The lowest BCUT2D eigenvalue weighted by molar-refractivity contribution is 0.0860. The Morgan fingerprint density at radius 3 is 2.78 bits per heavy atom. The van der Waals surface area contributed by atoms with Crippen LogP contribution in [0.1, 0.15) is 31.1 Å². The molecule has 0 unspecified atom stereocenters. The number of H-pyrrole nitrogens is 1. The van der Waals surface area contributed by atoms with Gasteiger partial charge in [-0.25, -0.2) is 14.4 Å². The average Bonchev–Trinajstić information content (AvgIpc) is 2.88. The van der Waals surface area contributed by atoms with Crippen molar-refractivity contribution >= 4 is 28.5 Å². The molecule has 2 heterocycles. The van der Waals surface area contributed by atoms with Gasteiger partial charge in [0.2, 0.25) is 0 Å². The molecule has 0 radical (unpaired) electrons. The number of fused-ring (bicyclic) bond motifs is 1. The summed E-state index contributed by atoms with van der Waals surface area (Å²) in [5, 5.41) is 2.99. The first-order valence-electron chi connectivity index (χ1n) is 7.26. The van der Waals surface area contributed by atoms with Gasteiger partial charge in [-0.3, -0.25) is 4.79 Å². The molecule has 3 rings (SSSR count). The molecule has 0 saturated heterocycles. The highest BCUT2D eigenvalue weighted by Crippen LogP contribution is 2.26. The maximum atomic E-state index is 13.2. The number of anilines is 2. The summed E-state index contributed by atoms with van der Waals surface area (Å²) in [5.74, 6) is 0.0981. The quantitative estimate of drug-likeness (QED) is 0.715. The highest BCUT2D eigenvalue weighted by Gasteiger charge is 2.26. The summed E-state index contributed by atoms with van der Waals surface area (Å²) in [7, 11) is 0. The zero-order valence-electron chi connectivity index (χ0n) is 13.1. The van der Waals surface area contributed by atoms with Gasteiger partial charge in [0.05, 0.1) is 11.8 Å². The van der Waals surface area contributed by atoms with Crippen LogP contribution >= 0.6 is 0 Å². The van der Waals surface area contributed by atoms with Crippen molar-refractivity contribution in [2.24, 2.45) is 5.41 Å². The van der Waals surface area contributed by atoms with E-state index in [0.717, 1.165) is 0 Å². The minimum atomic E-state index is -0.511. The summed E-state index contributed by atoms with van der Waals surface area (Å²) >= 11 is 0. The van der Waals surface area contributed by atoms with Crippen molar-refractivity contribution in [1.29, 1.82) is 0 Å². The van der Waals surface area contributed by atoms with Gasteiger partial charge < -0.3 is 10.3 Å². The molecule has 0 saturated carbocycles. The first kappa shape index (κ1) is 15.1. The van der Waals surface area contributed by atoms with Gasteiger partial charge in [-0.2, -0.15) is 0 Å². The van der Waals surface area contributed by atoms with E-state index in [9.17, 15) is 9.18 Å². The number of nitrogens with zero attached hydrogens (tertiary/aromatic N) is 2. The lowest BCUT2D eigenvalue weighted by Gasteiger charge is -2.15. The number of rotatable bonds is 3. The summed E-state index contributed by atoms with van der Waals surface area (Å²) in [6, 6.07) is 6.07. The molecule has 3 aromatic rings. The Bertz CT molecular complexity index is 880. The minimum absolute atomic E-state index is 0.0130. The van der Waals surface area contributed by atoms with Crippen molar-refractivity contribution in [3.63, 3.8) is 0 Å². The smallest absolute Gasteiger partial charge is 0.171 e. The van der Waals surface area contributed by atoms with E-state index in [-0.39, 0.29) is 11.6 Å². The van der Waals surface area contributed by atoms with E-state index < -0.39 is 5.41 Å². The first-order chi connectivity index (χ1) is 10.8. The van der Waals surface area contributed by atoms with Crippen molar-refractivity contribution in [3.05, 3.63) is 48.0 Å². The normalized spacial score (nSPS) is 11.7. The first-order valence-corrected chi connectivity index (χ1v) is 7.26. The van der Waals surface area contributed by atoms with E-state index in [4.69, 9.17) is 0 Å². The van der Waals surface area contributed by atoms with Crippen LogP contribution < -0.4 is 5.32 Å². The molecule has 118 valence electrons. The van der Waals surface area contributed by atoms with Crippen LogP contribution in [0.4, 0.5) is 15.9 Å². The summed E-state index contributed by atoms with van der Waals surface area (Å²) in [4.78, 5) is 24.2. The number of carbonyl (C=O) groups is 1. The van der Waals surface area contributed by atoms with Gasteiger partial charge in [0, 0.05) is 17.3 Å². The number of benzene rings is 1. The third kappa shape index (κ3) is 3.06. The zero-order chi connectivity index (χ0) is 16.6. The Morgan fingerprint density at radius 2 is 2.09 bits per heavy atom. The fourth-order valence-electron chi connectivity index (χ4n) is 2.24. The maximum Gasteiger partial charge on any atom is 0.171 e. The van der Waals surface area contributed by atoms with Gasteiger partial charge in [0.15, 0.2) is 11.4 Å². The molecular formula is C17H17FN4O. The molecule has 0 spiro atoms. The molecule has 0 aliphatic heterocycles. The Hall–Kier alpha value is -2.76. The van der Waals surface area contributed by atoms with Crippen molar-refractivity contribution in [2.75, 3.05) is 5.32 Å². The predicted molar refractivity (Wildman–Crippen MR) is 87.4 cm³/mol. The number of ketones is 1. The molecular weight excluding hydrogens is 295 g/mol. The van der Waals surface area contributed by atoms with Gasteiger partial charge in [-0.15, -0.1) is 0 Å². The highest BCUT2D eigenvalue weighted by atomic mass is 19.1. The van der Waals surface area contributed by atoms with Crippen molar-refractivity contribution in [1.82, 2.24) is 15.0 Å². The number of nitrogens with one attached hydrogen (secondary N) is 2. The Balaban J connectivity index is 1.99. The van der Waals surface area contributed by atoms with Crippen LogP contribution in [0.25, 0.3) is 11.2 Å². The fourth-order valence-corrected chi connectivity index (χ4v) is 2.24. The van der Waals surface area contributed by atoms with Crippen LogP contribution in [0.2, 0.25) is 0 Å². The van der Waals surface area contributed by atoms with E-state index >= 15 is 0 Å². The van der Waals surface area contributed by atoms with Gasteiger partial charge >= 0.3 is 0 Å². The Kier molecular flexibility index (Phi) is 3.60. The van der Waals surface area contributed by atoms with Crippen LogP contribution in [0.5, 0.6) is 0 Å². The van der Waals surface area contributed by atoms with E-state index in [1.807, 2.05) is 20.8 Å². The molecule has 1 aromatic carbocycles. The number of aromatic amines is 1. The number of hydrogen-bond donors (Lipinski definition) is 2. The monoisotopic (exact) mass is 312 g/mol. The van der Waals surface area contributed by atoms with Gasteiger partial charge in [0.25, 0.3) is 0 Å². The molecule has 5 nitrogen and oxygen atoms in total. The van der Waals surface area contributed by atoms with Crippen LogP contribution in [0.15, 0.2) is 36.7 Å². The molecule has 0 amide bonds. The number of carbonyl (C=O) groups excluding carboxylic acids is 1. The number of aromatic nitrogens is 3. The maximum absolute atomic E-state index is 13.2. The van der Waals surface area contributed by atoms with Crippen molar-refractivity contribution in [3.8, 4) is 0 Å². The predicted octanol–water partition coefficient (Wildman–Crippen LogP) is 4.07. The molecule has 2 N–H and O–H groups in total. The highest BCUT2D eigenvalue weighted by molar-refractivity contribution is 6.08. The third-order valence-electron chi connectivity index (χ3n) is 3.40. The van der Waals surface area contributed by atoms with Gasteiger partial charge in [0.1, 0.15) is 17.2 Å². The largest absolute Gasteiger partial charge is 0.344 e. The van der Waals surface area contributed by atoms with Gasteiger partial charge in [-0.05, 0) is 18.2 Å². The lowest BCUT2D eigenvalue weighted by Crippen LogP contribution is -2.20. The Labute approximate surface area is 133 Å². The summed E-state index contributed by atoms with van der Waals surface area (Å²) in [5.41, 5.74) is 1.61. The van der Waals surface area contributed by atoms with Gasteiger partial charge in [-0.1, -0.05) is 26.8 Å². The van der Waals surface area contributed by atoms with Crippen LogP contribution in [0, 0.1) is 11.2 Å². The molecule has 0 aliphatic carbocycles. The average molecular weight is 312 g/mol. The third-order valence-corrected chi connectivity index (χ3v) is 3.40. The lowest BCUT2D eigenvalue weighted by atomic mass is 9.87. The van der Waals surface area contributed by atoms with Crippen LogP contribution in [0.3, 0.4) is 0 Å². The van der Waals surface area contributed by atoms with E-state index in [1.54, 1.807) is 18.3 Å². The number of hydrogen-bond acceptors (Lipinski definition) is 4. The summed E-state index contributed by atoms with van der Waals surface area (Å²) in [6.45, 7) is 5.57. The zero-order valence-corrected chi connectivity index (χ0v) is 13.1. The minimum Gasteiger partial charge on any atom is -0.344 e. The molecule has 0 fully saturated rings. The molecule has 0 aliphatic rings. The second-order valence-electron chi connectivity index (χ2n) is 6.37. The van der Waals surface area contributed by atoms with Crippen LogP contribution in [-0.2, 0) is 0 Å². The van der Waals surface area contributed by atoms with E-state index in [0.29, 0.717) is 28.2 Å². The van der Waals surface area contributed by atoms with Crippen LogP contribution in [-0.4, -0.2) is 20.7 Å². The number of Topliss-reactive ketones (excluding diaryl/α,β-unsaturated/α-hetero) is 1. The van der Waals surface area contributed by atoms with E-state index in [2.05, 4.69) is 20.3 Å². The molecule has 0 atom stereocenters. The summed E-state index contributed by atoms with van der Waals surface area (Å²) in [6.07, 6.45) is 3.17. The fraction of sp³-hybridized carbons (Fsp3) is 0.235. The second kappa shape index (κ2) is 5.46. The van der Waals surface area contributed by atoms with Crippen molar-refractivity contribution < 1.29 is 9.18 Å². The Morgan fingerprint density at radius 1 is 1.30 bits per heavy atom. The topological polar surface area (TPSA) is 70.7 Å². The molecule has 0 bridgehead atoms. The van der Waals surface area contributed by atoms with E-state index in [1.165, 1.54) is 18.3 Å². The molecule has 6 heteroatoms. The second-order valence-corrected chi connectivity index (χ2v) is 6.37. The number of halogens is 1. The molecule has 23 heavy (non-hydrogen) atoms.